The molecular weight excluding hydrogens is 494 g/mol. The van der Waals surface area contributed by atoms with Crippen LogP contribution >= 0.6 is 0 Å². The molecule has 9 atom stereocenters. The zero-order chi connectivity index (χ0) is 30.0. The lowest BCUT2D eigenvalue weighted by atomic mass is 9.57. The van der Waals surface area contributed by atoms with E-state index < -0.39 is 77.7 Å². The second kappa shape index (κ2) is 15.6. The molecule has 0 radical (unpaired) electrons. The third-order valence-electron chi connectivity index (χ3n) is 7.75. The van der Waals surface area contributed by atoms with Crippen molar-refractivity contribution in [3.63, 3.8) is 0 Å². The van der Waals surface area contributed by atoms with E-state index in [0.717, 1.165) is 0 Å². The predicted octanol–water partition coefficient (Wildman–Crippen LogP) is 0.896. The van der Waals surface area contributed by atoms with Gasteiger partial charge in [0.25, 0.3) is 0 Å². The molecule has 11 heteroatoms. The topological polar surface area (TPSA) is 174 Å². The molecule has 38 heavy (non-hydrogen) atoms. The van der Waals surface area contributed by atoms with Gasteiger partial charge in [-0.05, 0) is 60.2 Å². The quantitative estimate of drug-likeness (QED) is 0.100. The number of carbonyl (C=O) groups is 4. The SMILES string of the molecule is CC[C@@H](C)[C@@H](NC)C(=O)C(CC(C)O)(C(=O)[C@@H](C)NC)C(CC(C)O)(OC(=O)[C@H](NC)[C@@H](C)CC)C(=O)O. The zero-order valence-electron chi connectivity index (χ0n) is 24.8. The Labute approximate surface area is 227 Å². The Morgan fingerprint density at radius 2 is 1.18 bits per heavy atom. The number of hydrogen-bond acceptors (Lipinski definition) is 10. The number of likely N-dealkylation sites (N-methyl/N-ethyl adjacent to an activating group) is 3. The van der Waals surface area contributed by atoms with Gasteiger partial charge < -0.3 is 36.0 Å². The van der Waals surface area contributed by atoms with Crippen LogP contribution in [0, 0.1) is 17.3 Å². The fourth-order valence-corrected chi connectivity index (χ4v) is 5.14. The summed E-state index contributed by atoms with van der Waals surface area (Å²) in [7, 11) is 4.53. The maximum absolute atomic E-state index is 14.6. The van der Waals surface area contributed by atoms with Crippen LogP contribution in [0.25, 0.3) is 0 Å². The first-order chi connectivity index (χ1) is 17.6. The van der Waals surface area contributed by atoms with Crippen LogP contribution in [0.5, 0.6) is 0 Å². The smallest absolute Gasteiger partial charge is 0.349 e. The summed E-state index contributed by atoms with van der Waals surface area (Å²) in [5, 5.41) is 40.5. The highest BCUT2D eigenvalue weighted by Crippen LogP contribution is 2.47. The van der Waals surface area contributed by atoms with E-state index in [4.69, 9.17) is 4.74 Å². The second-order valence-electron chi connectivity index (χ2n) is 10.6. The number of ether oxygens (including phenoxy) is 1. The molecule has 0 aromatic heterocycles. The highest BCUT2D eigenvalue weighted by atomic mass is 16.6. The highest BCUT2D eigenvalue weighted by Gasteiger charge is 2.70. The van der Waals surface area contributed by atoms with Crippen LogP contribution in [0.2, 0.25) is 0 Å². The van der Waals surface area contributed by atoms with Crippen molar-refractivity contribution in [2.24, 2.45) is 17.3 Å². The summed E-state index contributed by atoms with van der Waals surface area (Å²) in [6, 6.07) is -3.00. The minimum Gasteiger partial charge on any atom is -0.478 e. The Bertz CT molecular complexity index is 805. The molecular formula is C27H51N3O8. The van der Waals surface area contributed by atoms with Gasteiger partial charge in [-0.3, -0.25) is 14.4 Å². The molecule has 0 amide bonds. The first kappa shape index (κ1) is 36.1. The Hall–Kier alpha value is -1.92. The largest absolute Gasteiger partial charge is 0.478 e. The number of aliphatic hydroxyl groups excluding tert-OH is 2. The number of aliphatic carboxylic acids is 1. The molecule has 6 N–H and O–H groups in total. The third-order valence-corrected chi connectivity index (χ3v) is 7.75. The van der Waals surface area contributed by atoms with Gasteiger partial charge in [-0.1, -0.05) is 40.5 Å². The summed E-state index contributed by atoms with van der Waals surface area (Å²) in [6.07, 6.45) is -3.02. The van der Waals surface area contributed by atoms with Gasteiger partial charge in [0.15, 0.2) is 11.6 Å². The first-order valence-electron chi connectivity index (χ1n) is 13.5. The maximum Gasteiger partial charge on any atom is 0.349 e. The van der Waals surface area contributed by atoms with Gasteiger partial charge in [0, 0.05) is 6.42 Å². The number of carboxylic acid groups (broad SMARTS) is 1. The standard InChI is InChI=1S/C27H51N3O8/c1-11-15(3)20(29-9)23(34)26(13-17(5)31,22(33)19(7)28-8)27(25(36)37,14-18(6)32)38-24(35)21(30-10)16(4)12-2/h15-21,28-32H,11-14H2,1-10H3,(H,36,37)/t15-,16+,17?,18?,19-,20-,21-,26?,27?/m1/s1. The molecule has 0 aliphatic carbocycles. The van der Waals surface area contributed by atoms with Crippen molar-refractivity contribution in [2.45, 2.75) is 110 Å². The van der Waals surface area contributed by atoms with Crippen molar-refractivity contribution < 1.29 is 39.2 Å². The van der Waals surface area contributed by atoms with E-state index in [1.165, 1.54) is 41.9 Å². The van der Waals surface area contributed by atoms with Gasteiger partial charge in [-0.2, -0.15) is 0 Å². The minimum absolute atomic E-state index is 0.274. The van der Waals surface area contributed by atoms with E-state index >= 15 is 0 Å². The van der Waals surface area contributed by atoms with Crippen LogP contribution in [-0.2, 0) is 23.9 Å². The molecule has 222 valence electrons. The van der Waals surface area contributed by atoms with Crippen molar-refractivity contribution in [3.05, 3.63) is 0 Å². The van der Waals surface area contributed by atoms with Crippen LogP contribution in [0.4, 0.5) is 0 Å². The summed E-state index contributed by atoms with van der Waals surface area (Å²) in [5.41, 5.74) is -5.37. The molecule has 0 bridgehead atoms. The van der Waals surface area contributed by atoms with Gasteiger partial charge in [0.2, 0.25) is 5.60 Å². The molecule has 0 aromatic carbocycles. The number of rotatable bonds is 19. The van der Waals surface area contributed by atoms with Crippen molar-refractivity contribution in [3.8, 4) is 0 Å². The lowest BCUT2D eigenvalue weighted by Crippen LogP contribution is -2.71. The Balaban J connectivity index is 7.87. The van der Waals surface area contributed by atoms with E-state index in [0.29, 0.717) is 12.8 Å². The number of aliphatic hydroxyl groups is 2. The molecule has 0 rings (SSSR count). The average Bonchev–Trinajstić information content (AvgIpc) is 2.85. The molecule has 4 unspecified atom stereocenters. The molecule has 0 aliphatic heterocycles. The fraction of sp³-hybridized carbons (Fsp3) is 0.852. The van der Waals surface area contributed by atoms with Crippen LogP contribution in [0.15, 0.2) is 0 Å². The van der Waals surface area contributed by atoms with Gasteiger partial charge in [0.05, 0.1) is 24.3 Å². The van der Waals surface area contributed by atoms with Crippen LogP contribution in [0.1, 0.15) is 74.1 Å². The predicted molar refractivity (Wildman–Crippen MR) is 145 cm³/mol. The highest BCUT2D eigenvalue weighted by molar-refractivity contribution is 6.16. The monoisotopic (exact) mass is 545 g/mol. The molecule has 11 nitrogen and oxygen atoms in total. The number of carboxylic acids is 1. The average molecular weight is 546 g/mol. The van der Waals surface area contributed by atoms with E-state index in [9.17, 15) is 34.5 Å². The number of ketones is 2. The van der Waals surface area contributed by atoms with E-state index in [2.05, 4.69) is 16.0 Å². The molecule has 0 fully saturated rings. The number of carbonyl (C=O) groups excluding carboxylic acids is 3. The minimum atomic E-state index is -2.82. The molecule has 0 heterocycles. The van der Waals surface area contributed by atoms with Crippen LogP contribution in [0.3, 0.4) is 0 Å². The lowest BCUT2D eigenvalue weighted by molar-refractivity contribution is -0.209. The summed E-state index contributed by atoms with van der Waals surface area (Å²) >= 11 is 0. The van der Waals surface area contributed by atoms with Gasteiger partial charge in [-0.15, -0.1) is 0 Å². The van der Waals surface area contributed by atoms with Crippen molar-refractivity contribution in [1.82, 2.24) is 16.0 Å². The zero-order valence-corrected chi connectivity index (χ0v) is 24.8. The molecule has 0 saturated carbocycles. The Morgan fingerprint density at radius 1 is 0.737 bits per heavy atom. The maximum atomic E-state index is 14.6. The summed E-state index contributed by atoms with van der Waals surface area (Å²) in [5.74, 6) is -5.00. The van der Waals surface area contributed by atoms with Crippen molar-refractivity contribution in [1.29, 1.82) is 0 Å². The number of nitrogens with one attached hydrogen (secondary N) is 3. The van der Waals surface area contributed by atoms with Crippen LogP contribution in [-0.4, -0.2) is 95.9 Å². The normalized spacial score (nSPS) is 20.5. The van der Waals surface area contributed by atoms with E-state index in [-0.39, 0.29) is 11.8 Å². The molecule has 0 aromatic rings. The first-order valence-corrected chi connectivity index (χ1v) is 13.5. The summed E-state index contributed by atoms with van der Waals surface area (Å²) < 4.78 is 5.83. The Kier molecular flexibility index (Phi) is 14.8. The lowest BCUT2D eigenvalue weighted by Gasteiger charge is -2.49. The van der Waals surface area contributed by atoms with Gasteiger partial charge in [-0.25, -0.2) is 4.79 Å². The van der Waals surface area contributed by atoms with Crippen LogP contribution < -0.4 is 16.0 Å². The van der Waals surface area contributed by atoms with E-state index in [1.807, 2.05) is 13.8 Å². The molecule has 0 saturated heterocycles. The number of Topliss-reactive ketones (excluding diaryl/α,β-unsaturated/α-hetero) is 2. The molecule has 0 spiro atoms. The van der Waals surface area contributed by atoms with Gasteiger partial charge >= 0.3 is 11.9 Å². The molecule has 0 aliphatic rings. The summed E-state index contributed by atoms with van der Waals surface area (Å²) in [6.45, 7) is 11.4. The second-order valence-corrected chi connectivity index (χ2v) is 10.6. The number of esters is 1. The van der Waals surface area contributed by atoms with Crippen molar-refractivity contribution in [2.75, 3.05) is 21.1 Å². The van der Waals surface area contributed by atoms with Gasteiger partial charge in [0.1, 0.15) is 11.5 Å². The fourth-order valence-electron chi connectivity index (χ4n) is 5.14. The summed E-state index contributed by atoms with van der Waals surface area (Å²) in [4.78, 5) is 55.7. The van der Waals surface area contributed by atoms with Crippen molar-refractivity contribution >= 4 is 23.5 Å². The Morgan fingerprint density at radius 3 is 1.53 bits per heavy atom. The number of hydrogen-bond donors (Lipinski definition) is 6. The third kappa shape index (κ3) is 7.59. The van der Waals surface area contributed by atoms with E-state index in [1.54, 1.807) is 13.8 Å².